The summed E-state index contributed by atoms with van der Waals surface area (Å²) in [6, 6.07) is 11.2. The van der Waals surface area contributed by atoms with Gasteiger partial charge in [-0.05, 0) is 48.9 Å². The number of nitriles is 1. The number of thioether (sulfide) groups is 1. The van der Waals surface area contributed by atoms with Gasteiger partial charge in [0.1, 0.15) is 11.1 Å². The molecule has 0 aliphatic heterocycles. The van der Waals surface area contributed by atoms with E-state index in [9.17, 15) is 10.1 Å². The second-order valence-corrected chi connectivity index (χ2v) is 7.59. The summed E-state index contributed by atoms with van der Waals surface area (Å²) >= 11 is 7.34. The molecule has 0 saturated carbocycles. The third-order valence-electron chi connectivity index (χ3n) is 4.21. The Kier molecular flexibility index (Phi) is 5.62. The first-order chi connectivity index (χ1) is 12.1. The molecule has 0 bridgehead atoms. The molecule has 0 fully saturated rings. The number of nitrogens with zero attached hydrogens (tertiary/aromatic N) is 2. The highest BCUT2D eigenvalue weighted by Crippen LogP contribution is 2.29. The molecule has 1 N–H and O–H groups in total. The Morgan fingerprint density at radius 2 is 2.28 bits per heavy atom. The summed E-state index contributed by atoms with van der Waals surface area (Å²) in [5, 5.41) is 13.3. The number of hydrogen-bond acceptors (Lipinski definition) is 4. The average molecular weight is 372 g/mol. The molecular formula is C19H18ClN3OS. The molecule has 0 radical (unpaired) electrons. The van der Waals surface area contributed by atoms with Crippen LogP contribution in [0.3, 0.4) is 0 Å². The van der Waals surface area contributed by atoms with Gasteiger partial charge in [-0.3, -0.25) is 4.79 Å². The topological polar surface area (TPSA) is 65.8 Å². The van der Waals surface area contributed by atoms with Gasteiger partial charge < -0.3 is 5.32 Å². The fourth-order valence-electron chi connectivity index (χ4n) is 2.90. The molecule has 1 atom stereocenters. The number of pyridine rings is 1. The van der Waals surface area contributed by atoms with Crippen molar-refractivity contribution >= 4 is 35.0 Å². The Bertz CT molecular complexity index is 847. The van der Waals surface area contributed by atoms with Crippen molar-refractivity contribution < 1.29 is 4.79 Å². The molecule has 1 aromatic carbocycles. The lowest BCUT2D eigenvalue weighted by Gasteiger charge is -2.21. The van der Waals surface area contributed by atoms with Gasteiger partial charge in [-0.2, -0.15) is 5.26 Å². The second kappa shape index (κ2) is 7.90. The first-order valence-corrected chi connectivity index (χ1v) is 9.53. The summed E-state index contributed by atoms with van der Waals surface area (Å²) in [7, 11) is 0. The minimum absolute atomic E-state index is 0.171. The Labute approximate surface area is 156 Å². The van der Waals surface area contributed by atoms with Gasteiger partial charge in [-0.25, -0.2) is 4.98 Å². The molecule has 0 saturated heterocycles. The lowest BCUT2D eigenvalue weighted by Crippen LogP contribution is -2.16. The number of amides is 1. The number of carbonyl (C=O) groups is 1. The number of fused-ring (bicyclic) bond motifs is 1. The predicted octanol–water partition coefficient (Wildman–Crippen LogP) is 4.46. The van der Waals surface area contributed by atoms with Gasteiger partial charge in [-0.15, -0.1) is 0 Å². The zero-order valence-corrected chi connectivity index (χ0v) is 15.5. The molecule has 0 spiro atoms. The third kappa shape index (κ3) is 4.33. The fraction of sp³-hybridized carbons (Fsp3) is 0.316. The van der Waals surface area contributed by atoms with Crippen molar-refractivity contribution in [2.75, 3.05) is 11.1 Å². The highest BCUT2D eigenvalue weighted by Gasteiger charge is 2.19. The molecule has 25 heavy (non-hydrogen) atoms. The van der Waals surface area contributed by atoms with E-state index in [1.165, 1.54) is 17.3 Å². The van der Waals surface area contributed by atoms with Gasteiger partial charge in [-0.1, -0.05) is 42.4 Å². The number of anilines is 1. The Morgan fingerprint density at radius 1 is 1.48 bits per heavy atom. The molecular weight excluding hydrogens is 354 g/mol. The van der Waals surface area contributed by atoms with Crippen LogP contribution in [0.1, 0.15) is 30.2 Å². The maximum atomic E-state index is 12.2. The van der Waals surface area contributed by atoms with Crippen molar-refractivity contribution in [3.8, 4) is 6.07 Å². The highest BCUT2D eigenvalue weighted by molar-refractivity contribution is 8.00. The van der Waals surface area contributed by atoms with E-state index in [2.05, 4.69) is 23.3 Å². The maximum Gasteiger partial charge on any atom is 0.234 e. The monoisotopic (exact) mass is 371 g/mol. The molecule has 2 aromatic rings. The maximum absolute atomic E-state index is 12.2. The number of halogens is 1. The molecule has 1 aromatic heterocycles. The lowest BCUT2D eigenvalue weighted by molar-refractivity contribution is -0.113. The van der Waals surface area contributed by atoms with Gasteiger partial charge >= 0.3 is 0 Å². The van der Waals surface area contributed by atoms with E-state index < -0.39 is 0 Å². The quantitative estimate of drug-likeness (QED) is 0.805. The van der Waals surface area contributed by atoms with Crippen molar-refractivity contribution in [3.05, 3.63) is 52.2 Å². The normalized spacial score (nSPS) is 16.0. The number of aryl methyl sites for hydroxylation is 1. The fourth-order valence-corrected chi connectivity index (χ4v) is 3.86. The molecule has 4 nitrogen and oxygen atoms in total. The van der Waals surface area contributed by atoms with Crippen LogP contribution in [0.5, 0.6) is 0 Å². The smallest absolute Gasteiger partial charge is 0.234 e. The zero-order chi connectivity index (χ0) is 17.8. The van der Waals surface area contributed by atoms with Crippen LogP contribution in [-0.2, 0) is 17.6 Å². The number of benzene rings is 1. The van der Waals surface area contributed by atoms with Crippen molar-refractivity contribution in [2.24, 2.45) is 5.92 Å². The van der Waals surface area contributed by atoms with Gasteiger partial charge in [0.15, 0.2) is 0 Å². The minimum atomic E-state index is -0.171. The Balaban J connectivity index is 1.70. The lowest BCUT2D eigenvalue weighted by atomic mass is 9.87. The van der Waals surface area contributed by atoms with Gasteiger partial charge in [0.05, 0.1) is 22.0 Å². The van der Waals surface area contributed by atoms with Crippen LogP contribution >= 0.6 is 23.4 Å². The van der Waals surface area contributed by atoms with Crippen molar-refractivity contribution in [1.29, 1.82) is 5.26 Å². The van der Waals surface area contributed by atoms with Crippen LogP contribution in [-0.4, -0.2) is 16.6 Å². The predicted molar refractivity (Wildman–Crippen MR) is 101 cm³/mol. The van der Waals surface area contributed by atoms with Crippen molar-refractivity contribution in [3.63, 3.8) is 0 Å². The Morgan fingerprint density at radius 3 is 3.04 bits per heavy atom. The molecule has 3 rings (SSSR count). The van der Waals surface area contributed by atoms with E-state index in [0.29, 0.717) is 27.2 Å². The number of aromatic nitrogens is 1. The van der Waals surface area contributed by atoms with E-state index in [4.69, 9.17) is 11.6 Å². The van der Waals surface area contributed by atoms with Gasteiger partial charge in [0, 0.05) is 5.69 Å². The number of nitrogens with one attached hydrogen (secondary N) is 1. The number of carbonyl (C=O) groups excluding carboxylic acids is 1. The Hall–Kier alpha value is -2.03. The van der Waals surface area contributed by atoms with Crippen LogP contribution in [0, 0.1) is 17.2 Å². The van der Waals surface area contributed by atoms with Crippen LogP contribution in [0.2, 0.25) is 5.02 Å². The van der Waals surface area contributed by atoms with Gasteiger partial charge in [0.2, 0.25) is 5.91 Å². The van der Waals surface area contributed by atoms with Crippen LogP contribution < -0.4 is 5.32 Å². The number of hydrogen-bond donors (Lipinski definition) is 1. The van der Waals surface area contributed by atoms with Crippen molar-refractivity contribution in [1.82, 2.24) is 4.98 Å². The van der Waals surface area contributed by atoms with Crippen LogP contribution in [0.25, 0.3) is 0 Å². The van der Waals surface area contributed by atoms with E-state index in [0.717, 1.165) is 25.0 Å². The standard InChI is InChI=1S/C19H18ClN3OS/c1-12-6-7-16-13(8-12)9-14(10-21)19(23-16)25-11-18(24)22-17-5-3-2-4-15(17)20/h2-5,9,12H,6-8,11H2,1H3,(H,22,24). The number of para-hydroxylation sites is 1. The summed E-state index contributed by atoms with van der Waals surface area (Å²) in [4.78, 5) is 16.8. The number of rotatable bonds is 4. The molecule has 1 unspecified atom stereocenters. The first-order valence-electron chi connectivity index (χ1n) is 8.17. The minimum Gasteiger partial charge on any atom is -0.324 e. The summed E-state index contributed by atoms with van der Waals surface area (Å²) in [5.41, 5.74) is 3.36. The molecule has 1 aliphatic carbocycles. The molecule has 128 valence electrons. The van der Waals surface area contributed by atoms with Gasteiger partial charge in [0.25, 0.3) is 0 Å². The second-order valence-electron chi connectivity index (χ2n) is 6.22. The molecule has 1 heterocycles. The summed E-state index contributed by atoms with van der Waals surface area (Å²) in [5.74, 6) is 0.637. The largest absolute Gasteiger partial charge is 0.324 e. The summed E-state index contributed by atoms with van der Waals surface area (Å²) < 4.78 is 0. The van der Waals surface area contributed by atoms with Crippen LogP contribution in [0.4, 0.5) is 5.69 Å². The molecule has 6 heteroatoms. The van der Waals surface area contributed by atoms with Crippen molar-refractivity contribution in [2.45, 2.75) is 31.2 Å². The molecule has 1 aliphatic rings. The average Bonchev–Trinajstić information content (AvgIpc) is 2.61. The zero-order valence-electron chi connectivity index (χ0n) is 13.9. The summed E-state index contributed by atoms with van der Waals surface area (Å²) in [6.45, 7) is 2.22. The van der Waals surface area contributed by atoms with E-state index >= 15 is 0 Å². The van der Waals surface area contributed by atoms with E-state index in [1.54, 1.807) is 12.1 Å². The third-order valence-corrected chi connectivity index (χ3v) is 5.53. The highest BCUT2D eigenvalue weighted by atomic mass is 35.5. The van der Waals surface area contributed by atoms with Crippen LogP contribution in [0.15, 0.2) is 35.4 Å². The molecule has 1 amide bonds. The van der Waals surface area contributed by atoms with E-state index in [1.807, 2.05) is 18.2 Å². The summed E-state index contributed by atoms with van der Waals surface area (Å²) in [6.07, 6.45) is 3.01. The first kappa shape index (κ1) is 17.8. The SMILES string of the molecule is CC1CCc2nc(SCC(=O)Nc3ccccc3Cl)c(C#N)cc2C1. The van der Waals surface area contributed by atoms with E-state index in [-0.39, 0.29) is 11.7 Å².